The van der Waals surface area contributed by atoms with Crippen molar-refractivity contribution in [2.24, 2.45) is 0 Å². The van der Waals surface area contributed by atoms with Crippen LogP contribution in [0.15, 0.2) is 16.6 Å². The highest BCUT2D eigenvalue weighted by Gasteiger charge is 2.13. The number of rotatable bonds is 5. The zero-order chi connectivity index (χ0) is 12.8. The van der Waals surface area contributed by atoms with E-state index in [0.717, 1.165) is 27.9 Å². The van der Waals surface area contributed by atoms with E-state index in [-0.39, 0.29) is 6.10 Å². The first-order chi connectivity index (χ1) is 8.12. The van der Waals surface area contributed by atoms with Crippen LogP contribution in [0.5, 0.6) is 5.75 Å². The summed E-state index contributed by atoms with van der Waals surface area (Å²) in [6.07, 6.45) is 0.302. The predicted octanol–water partition coefficient (Wildman–Crippen LogP) is 3.16. The summed E-state index contributed by atoms with van der Waals surface area (Å²) in [7, 11) is 1.89. The standard InChI is InChI=1S/C13H17BrN2O/c1-4-12(7-15)17-13-9(2)5-11(14)6-10(13)8-16-3/h5-6,12,16H,4,8H2,1-3H3. The van der Waals surface area contributed by atoms with Gasteiger partial charge in [0.25, 0.3) is 0 Å². The topological polar surface area (TPSA) is 45.0 Å². The highest BCUT2D eigenvalue weighted by atomic mass is 79.9. The fourth-order valence-electron chi connectivity index (χ4n) is 1.63. The molecule has 0 spiro atoms. The number of hydrogen-bond acceptors (Lipinski definition) is 3. The first-order valence-corrected chi connectivity index (χ1v) is 6.41. The third-order valence-electron chi connectivity index (χ3n) is 2.46. The number of nitriles is 1. The van der Waals surface area contributed by atoms with Gasteiger partial charge in [-0.3, -0.25) is 0 Å². The van der Waals surface area contributed by atoms with Crippen LogP contribution in [0.1, 0.15) is 24.5 Å². The molecule has 0 aliphatic carbocycles. The molecule has 0 bridgehead atoms. The number of aryl methyl sites for hydroxylation is 1. The maximum Gasteiger partial charge on any atom is 0.184 e. The molecule has 17 heavy (non-hydrogen) atoms. The number of hydrogen-bond donors (Lipinski definition) is 1. The molecule has 1 aromatic carbocycles. The molecule has 0 saturated carbocycles. The van der Waals surface area contributed by atoms with Crippen LogP contribution in [0.4, 0.5) is 0 Å². The maximum absolute atomic E-state index is 8.95. The molecule has 1 aromatic rings. The van der Waals surface area contributed by atoms with Crippen molar-refractivity contribution in [3.63, 3.8) is 0 Å². The third kappa shape index (κ3) is 3.72. The smallest absolute Gasteiger partial charge is 0.184 e. The van der Waals surface area contributed by atoms with Gasteiger partial charge in [-0.1, -0.05) is 22.9 Å². The van der Waals surface area contributed by atoms with Gasteiger partial charge in [0.05, 0.1) is 0 Å². The van der Waals surface area contributed by atoms with Gasteiger partial charge in [0.2, 0.25) is 0 Å². The summed E-state index contributed by atoms with van der Waals surface area (Å²) in [4.78, 5) is 0. The quantitative estimate of drug-likeness (QED) is 0.908. The van der Waals surface area contributed by atoms with Gasteiger partial charge >= 0.3 is 0 Å². The molecule has 0 aliphatic heterocycles. The minimum atomic E-state index is -0.384. The second kappa shape index (κ2) is 6.63. The maximum atomic E-state index is 8.95. The third-order valence-corrected chi connectivity index (χ3v) is 2.92. The fraction of sp³-hybridized carbons (Fsp3) is 0.462. The SMILES string of the molecule is CCC(C#N)Oc1c(C)cc(Br)cc1CNC. The lowest BCUT2D eigenvalue weighted by atomic mass is 10.1. The van der Waals surface area contributed by atoms with Crippen LogP contribution in [-0.4, -0.2) is 13.2 Å². The Bertz CT molecular complexity index is 426. The number of benzene rings is 1. The molecule has 0 aliphatic rings. The Morgan fingerprint density at radius 1 is 1.53 bits per heavy atom. The molecule has 3 nitrogen and oxygen atoms in total. The average Bonchev–Trinajstić information content (AvgIpc) is 2.29. The van der Waals surface area contributed by atoms with Crippen LogP contribution in [0.25, 0.3) is 0 Å². The largest absolute Gasteiger partial charge is 0.475 e. The van der Waals surface area contributed by atoms with Gasteiger partial charge < -0.3 is 10.1 Å². The van der Waals surface area contributed by atoms with Crippen molar-refractivity contribution in [1.82, 2.24) is 5.32 Å². The summed E-state index contributed by atoms with van der Waals surface area (Å²) in [6.45, 7) is 4.65. The monoisotopic (exact) mass is 296 g/mol. The Hall–Kier alpha value is -1.05. The first kappa shape index (κ1) is 14.0. The van der Waals surface area contributed by atoms with Crippen LogP contribution in [0, 0.1) is 18.3 Å². The molecule has 92 valence electrons. The molecule has 1 unspecified atom stereocenters. The zero-order valence-corrected chi connectivity index (χ0v) is 12.0. The molecule has 1 rings (SSSR count). The van der Waals surface area contributed by atoms with Crippen molar-refractivity contribution in [2.75, 3.05) is 7.05 Å². The van der Waals surface area contributed by atoms with Crippen LogP contribution >= 0.6 is 15.9 Å². The van der Waals surface area contributed by atoms with Gasteiger partial charge in [0.15, 0.2) is 6.10 Å². The Morgan fingerprint density at radius 2 is 2.24 bits per heavy atom. The summed E-state index contributed by atoms with van der Waals surface area (Å²) in [6, 6.07) is 6.17. The minimum Gasteiger partial charge on any atom is -0.475 e. The summed E-state index contributed by atoms with van der Waals surface area (Å²) in [5, 5.41) is 12.1. The van der Waals surface area contributed by atoms with E-state index in [9.17, 15) is 0 Å². The Morgan fingerprint density at radius 3 is 2.76 bits per heavy atom. The molecule has 1 atom stereocenters. The molecule has 0 heterocycles. The highest BCUT2D eigenvalue weighted by molar-refractivity contribution is 9.10. The van der Waals surface area contributed by atoms with Crippen molar-refractivity contribution < 1.29 is 4.74 Å². The van der Waals surface area contributed by atoms with Crippen molar-refractivity contribution in [1.29, 1.82) is 5.26 Å². The second-order valence-corrected chi connectivity index (χ2v) is 4.80. The molecular formula is C13H17BrN2O. The van der Waals surface area contributed by atoms with Gasteiger partial charge in [0, 0.05) is 16.6 Å². The lowest BCUT2D eigenvalue weighted by Gasteiger charge is -2.17. The van der Waals surface area contributed by atoms with E-state index < -0.39 is 0 Å². The molecule has 0 amide bonds. The summed E-state index contributed by atoms with van der Waals surface area (Å²) >= 11 is 3.47. The van der Waals surface area contributed by atoms with E-state index in [0.29, 0.717) is 6.42 Å². The average molecular weight is 297 g/mol. The molecule has 0 aromatic heterocycles. The van der Waals surface area contributed by atoms with Crippen LogP contribution in [0.2, 0.25) is 0 Å². The van der Waals surface area contributed by atoms with Crippen molar-refractivity contribution in [3.8, 4) is 11.8 Å². The van der Waals surface area contributed by atoms with Crippen molar-refractivity contribution >= 4 is 15.9 Å². The summed E-state index contributed by atoms with van der Waals surface area (Å²) in [5.41, 5.74) is 2.10. The van der Waals surface area contributed by atoms with E-state index in [4.69, 9.17) is 10.00 Å². The van der Waals surface area contributed by atoms with Gasteiger partial charge in [-0.15, -0.1) is 0 Å². The second-order valence-electron chi connectivity index (χ2n) is 3.89. The van der Waals surface area contributed by atoms with E-state index in [1.54, 1.807) is 0 Å². The van der Waals surface area contributed by atoms with Gasteiger partial charge in [-0.05, 0) is 38.1 Å². The lowest BCUT2D eigenvalue weighted by Crippen LogP contribution is -2.16. The number of nitrogens with zero attached hydrogens (tertiary/aromatic N) is 1. The van der Waals surface area contributed by atoms with Crippen LogP contribution in [-0.2, 0) is 6.54 Å². The van der Waals surface area contributed by atoms with E-state index in [1.165, 1.54) is 0 Å². The van der Waals surface area contributed by atoms with Gasteiger partial charge in [-0.2, -0.15) is 5.26 Å². The number of nitrogens with one attached hydrogen (secondary N) is 1. The minimum absolute atomic E-state index is 0.384. The molecule has 1 N–H and O–H groups in total. The van der Waals surface area contributed by atoms with Gasteiger partial charge in [-0.25, -0.2) is 0 Å². The van der Waals surface area contributed by atoms with E-state index in [1.807, 2.05) is 33.0 Å². The Kier molecular flexibility index (Phi) is 5.46. The molecule has 4 heteroatoms. The highest BCUT2D eigenvalue weighted by Crippen LogP contribution is 2.29. The van der Waals surface area contributed by atoms with Crippen molar-refractivity contribution in [2.45, 2.75) is 32.9 Å². The molecular weight excluding hydrogens is 280 g/mol. The van der Waals surface area contributed by atoms with E-state index >= 15 is 0 Å². The Balaban J connectivity index is 3.07. The Labute approximate surface area is 111 Å². The number of halogens is 1. The summed E-state index contributed by atoms with van der Waals surface area (Å²) < 4.78 is 6.79. The molecule has 0 saturated heterocycles. The summed E-state index contributed by atoms with van der Waals surface area (Å²) in [5.74, 6) is 0.816. The van der Waals surface area contributed by atoms with Crippen LogP contribution in [0.3, 0.4) is 0 Å². The van der Waals surface area contributed by atoms with Crippen LogP contribution < -0.4 is 10.1 Å². The van der Waals surface area contributed by atoms with E-state index in [2.05, 4.69) is 27.3 Å². The molecule has 0 radical (unpaired) electrons. The zero-order valence-electron chi connectivity index (χ0n) is 10.4. The lowest BCUT2D eigenvalue weighted by molar-refractivity contribution is 0.247. The normalized spacial score (nSPS) is 11.9. The van der Waals surface area contributed by atoms with Gasteiger partial charge in [0.1, 0.15) is 11.8 Å². The first-order valence-electron chi connectivity index (χ1n) is 5.62. The fourth-order valence-corrected chi connectivity index (χ4v) is 2.25. The molecule has 0 fully saturated rings. The predicted molar refractivity (Wildman–Crippen MR) is 72.0 cm³/mol. The van der Waals surface area contributed by atoms with Crippen molar-refractivity contribution in [3.05, 3.63) is 27.7 Å². The number of ether oxygens (including phenoxy) is 1.